The summed E-state index contributed by atoms with van der Waals surface area (Å²) in [6.45, 7) is 4.38. The van der Waals surface area contributed by atoms with Crippen LogP contribution in [0.2, 0.25) is 10.0 Å². The average molecular weight is 513 g/mol. The number of para-hydroxylation sites is 1. The van der Waals surface area contributed by atoms with Gasteiger partial charge in [0, 0.05) is 35.1 Å². The third kappa shape index (κ3) is 8.01. The topological polar surface area (TPSA) is 58.6 Å². The first-order chi connectivity index (χ1) is 16.8. The Hall–Kier alpha value is -3.02. The lowest BCUT2D eigenvalue weighted by Gasteiger charge is -2.32. The van der Waals surface area contributed by atoms with E-state index in [1.165, 1.54) is 4.90 Å². The van der Waals surface area contributed by atoms with Crippen LogP contribution in [-0.4, -0.2) is 35.9 Å². The summed E-state index contributed by atoms with van der Waals surface area (Å²) in [5, 5.41) is 3.85. The molecular weight excluding hydrogens is 483 g/mol. The van der Waals surface area contributed by atoms with Crippen LogP contribution in [0.15, 0.2) is 78.9 Å². The van der Waals surface area contributed by atoms with E-state index in [1.807, 2.05) is 62.4 Å². The largest absolute Gasteiger partial charge is 0.484 e. The van der Waals surface area contributed by atoms with Gasteiger partial charge in [-0.25, -0.2) is 0 Å². The number of amides is 2. The molecule has 0 heterocycles. The Kier molecular flexibility index (Phi) is 10.0. The Balaban J connectivity index is 1.94. The lowest BCUT2D eigenvalue weighted by atomic mass is 10.0. The summed E-state index contributed by atoms with van der Waals surface area (Å²) in [7, 11) is 0. The molecule has 2 amide bonds. The van der Waals surface area contributed by atoms with Crippen molar-refractivity contribution in [1.29, 1.82) is 0 Å². The third-order valence-electron chi connectivity index (χ3n) is 5.45. The Bertz CT molecular complexity index is 1090. The molecule has 5 nitrogen and oxygen atoms in total. The Labute approximate surface area is 217 Å². The van der Waals surface area contributed by atoms with Crippen molar-refractivity contribution in [2.24, 2.45) is 5.92 Å². The summed E-state index contributed by atoms with van der Waals surface area (Å²) in [5.41, 5.74) is 1.52. The molecule has 1 unspecified atom stereocenters. The number of carbonyl (C=O) groups excluding carboxylic acids is 2. The molecule has 0 fully saturated rings. The first-order valence-corrected chi connectivity index (χ1v) is 12.3. The molecule has 0 aromatic heterocycles. The molecule has 1 atom stereocenters. The maximum absolute atomic E-state index is 13.6. The summed E-state index contributed by atoms with van der Waals surface area (Å²) >= 11 is 12.9. The molecule has 0 spiro atoms. The van der Waals surface area contributed by atoms with E-state index in [0.717, 1.165) is 5.56 Å². The van der Waals surface area contributed by atoms with Crippen molar-refractivity contribution in [3.8, 4) is 5.75 Å². The van der Waals surface area contributed by atoms with Crippen LogP contribution in [0.3, 0.4) is 0 Å². The first-order valence-electron chi connectivity index (χ1n) is 11.6. The van der Waals surface area contributed by atoms with Crippen LogP contribution in [0, 0.1) is 5.92 Å². The van der Waals surface area contributed by atoms with Crippen molar-refractivity contribution < 1.29 is 14.3 Å². The van der Waals surface area contributed by atoms with Crippen LogP contribution in [0.5, 0.6) is 5.75 Å². The fourth-order valence-corrected chi connectivity index (χ4v) is 4.09. The second-order valence-corrected chi connectivity index (χ2v) is 9.48. The van der Waals surface area contributed by atoms with Crippen molar-refractivity contribution >= 4 is 35.0 Å². The molecule has 0 aliphatic rings. The minimum absolute atomic E-state index is 0.0715. The van der Waals surface area contributed by atoms with E-state index in [-0.39, 0.29) is 30.9 Å². The number of nitrogens with one attached hydrogen (secondary N) is 1. The summed E-state index contributed by atoms with van der Waals surface area (Å²) in [6.07, 6.45) is 0.337. The standard InChI is InChI=1S/C28H30Cl2N2O3/c1-20(2)17-31-28(34)26(16-21-10-5-3-6-11-21)32(18-23-24(29)14-9-15-25(23)30)27(33)19-35-22-12-7-4-8-13-22/h3-15,20,26H,16-19H2,1-2H3,(H,31,34). The molecule has 1 N–H and O–H groups in total. The molecule has 3 aromatic carbocycles. The van der Waals surface area contributed by atoms with Gasteiger partial charge in [-0.2, -0.15) is 0 Å². The smallest absolute Gasteiger partial charge is 0.261 e. The van der Waals surface area contributed by atoms with E-state index in [2.05, 4.69) is 5.32 Å². The molecule has 0 saturated carbocycles. The van der Waals surface area contributed by atoms with E-state index in [1.54, 1.807) is 30.3 Å². The average Bonchev–Trinajstić information content (AvgIpc) is 2.86. The molecule has 0 saturated heterocycles. The van der Waals surface area contributed by atoms with Crippen molar-refractivity contribution in [3.05, 3.63) is 100 Å². The monoisotopic (exact) mass is 512 g/mol. The number of hydrogen-bond acceptors (Lipinski definition) is 3. The molecule has 184 valence electrons. The summed E-state index contributed by atoms with van der Waals surface area (Å²) in [5.74, 6) is 0.254. The minimum atomic E-state index is -0.782. The van der Waals surface area contributed by atoms with Crippen molar-refractivity contribution in [3.63, 3.8) is 0 Å². The van der Waals surface area contributed by atoms with Crippen LogP contribution >= 0.6 is 23.2 Å². The second-order valence-electron chi connectivity index (χ2n) is 8.67. The molecule has 0 aliphatic heterocycles. The molecule has 3 rings (SSSR count). The highest BCUT2D eigenvalue weighted by Gasteiger charge is 2.31. The highest BCUT2D eigenvalue weighted by molar-refractivity contribution is 6.36. The van der Waals surface area contributed by atoms with Gasteiger partial charge in [0.05, 0.1) is 0 Å². The number of ether oxygens (including phenoxy) is 1. The number of hydrogen-bond donors (Lipinski definition) is 1. The molecule has 7 heteroatoms. The fraction of sp³-hybridized carbons (Fsp3) is 0.286. The highest BCUT2D eigenvalue weighted by atomic mass is 35.5. The van der Waals surface area contributed by atoms with Gasteiger partial charge in [-0.05, 0) is 35.7 Å². The quantitative estimate of drug-likeness (QED) is 0.354. The van der Waals surface area contributed by atoms with Crippen molar-refractivity contribution in [1.82, 2.24) is 10.2 Å². The maximum Gasteiger partial charge on any atom is 0.261 e. The minimum Gasteiger partial charge on any atom is -0.484 e. The SMILES string of the molecule is CC(C)CNC(=O)C(Cc1ccccc1)N(Cc1c(Cl)cccc1Cl)C(=O)COc1ccccc1. The lowest BCUT2D eigenvalue weighted by molar-refractivity contribution is -0.142. The highest BCUT2D eigenvalue weighted by Crippen LogP contribution is 2.27. The maximum atomic E-state index is 13.6. The predicted octanol–water partition coefficient (Wildman–Crippen LogP) is 5.78. The van der Waals surface area contributed by atoms with Crippen LogP contribution in [0.4, 0.5) is 0 Å². The van der Waals surface area contributed by atoms with E-state index >= 15 is 0 Å². The fourth-order valence-electron chi connectivity index (χ4n) is 3.57. The summed E-state index contributed by atoms with van der Waals surface area (Å²) in [4.78, 5) is 28.5. The van der Waals surface area contributed by atoms with Crippen LogP contribution in [0.1, 0.15) is 25.0 Å². The van der Waals surface area contributed by atoms with Crippen LogP contribution in [0.25, 0.3) is 0 Å². The first kappa shape index (κ1) is 26.6. The molecular formula is C28H30Cl2N2O3. The molecule has 35 heavy (non-hydrogen) atoms. The Morgan fingerprint density at radius 1 is 0.886 bits per heavy atom. The van der Waals surface area contributed by atoms with Crippen LogP contribution in [-0.2, 0) is 22.6 Å². The zero-order valence-electron chi connectivity index (χ0n) is 19.9. The zero-order chi connectivity index (χ0) is 25.2. The summed E-state index contributed by atoms with van der Waals surface area (Å²) in [6, 6.07) is 23.1. The van der Waals surface area contributed by atoms with Gasteiger partial charge in [0.25, 0.3) is 5.91 Å². The van der Waals surface area contributed by atoms with E-state index < -0.39 is 6.04 Å². The van der Waals surface area contributed by atoms with Gasteiger partial charge in [-0.3, -0.25) is 9.59 Å². The molecule has 0 radical (unpaired) electrons. The number of halogens is 2. The van der Waals surface area contributed by atoms with E-state index in [4.69, 9.17) is 27.9 Å². The van der Waals surface area contributed by atoms with E-state index in [9.17, 15) is 9.59 Å². The van der Waals surface area contributed by atoms with Gasteiger partial charge in [-0.15, -0.1) is 0 Å². The van der Waals surface area contributed by atoms with Crippen molar-refractivity contribution in [2.75, 3.05) is 13.2 Å². The van der Waals surface area contributed by atoms with Crippen LogP contribution < -0.4 is 10.1 Å². The van der Waals surface area contributed by atoms with Gasteiger partial charge in [0.15, 0.2) is 6.61 Å². The van der Waals surface area contributed by atoms with Gasteiger partial charge >= 0.3 is 0 Å². The number of rotatable bonds is 11. The number of carbonyl (C=O) groups is 2. The predicted molar refractivity (Wildman–Crippen MR) is 141 cm³/mol. The third-order valence-corrected chi connectivity index (χ3v) is 6.16. The van der Waals surface area contributed by atoms with Gasteiger partial charge in [-0.1, -0.05) is 91.6 Å². The van der Waals surface area contributed by atoms with Gasteiger partial charge < -0.3 is 15.0 Å². The lowest BCUT2D eigenvalue weighted by Crippen LogP contribution is -2.52. The second kappa shape index (κ2) is 13.2. The zero-order valence-corrected chi connectivity index (χ0v) is 21.4. The molecule has 3 aromatic rings. The normalized spacial score (nSPS) is 11.7. The Morgan fingerprint density at radius 2 is 1.49 bits per heavy atom. The summed E-state index contributed by atoms with van der Waals surface area (Å²) < 4.78 is 5.74. The molecule has 0 aliphatic carbocycles. The number of nitrogens with zero attached hydrogens (tertiary/aromatic N) is 1. The van der Waals surface area contributed by atoms with Gasteiger partial charge in [0.1, 0.15) is 11.8 Å². The number of benzene rings is 3. The van der Waals surface area contributed by atoms with E-state index in [0.29, 0.717) is 34.3 Å². The molecule has 0 bridgehead atoms. The van der Waals surface area contributed by atoms with Gasteiger partial charge in [0.2, 0.25) is 5.91 Å². The Morgan fingerprint density at radius 3 is 2.09 bits per heavy atom. The van der Waals surface area contributed by atoms with Crippen molar-refractivity contribution in [2.45, 2.75) is 32.9 Å².